The van der Waals surface area contributed by atoms with Crippen molar-refractivity contribution in [3.05, 3.63) is 90.1 Å². The summed E-state index contributed by atoms with van der Waals surface area (Å²) >= 11 is 0. The van der Waals surface area contributed by atoms with E-state index < -0.39 is 0 Å². The maximum Gasteiger partial charge on any atom is 0.222 e. The number of hydrogen-bond acceptors (Lipinski definition) is 5. The molecule has 2 aromatic carbocycles. The Hall–Kier alpha value is -3.67. The molecule has 0 unspecified atom stereocenters. The number of nitrogens with one attached hydrogen (secondary N) is 1. The number of amides is 1. The van der Waals surface area contributed by atoms with Crippen molar-refractivity contribution in [1.29, 1.82) is 0 Å². The fourth-order valence-electron chi connectivity index (χ4n) is 4.07. The summed E-state index contributed by atoms with van der Waals surface area (Å²) in [7, 11) is 0. The molecule has 1 aliphatic carbocycles. The summed E-state index contributed by atoms with van der Waals surface area (Å²) in [6.45, 7) is 3.08. The van der Waals surface area contributed by atoms with Crippen LogP contribution in [0.1, 0.15) is 55.3 Å². The highest BCUT2D eigenvalue weighted by molar-refractivity contribution is 5.90. The van der Waals surface area contributed by atoms with Crippen LogP contribution in [0.5, 0.6) is 0 Å². The summed E-state index contributed by atoms with van der Waals surface area (Å²) in [5.74, 6) is 3.05. The van der Waals surface area contributed by atoms with Gasteiger partial charge in [-0.25, -0.2) is 9.97 Å². The zero-order valence-electron chi connectivity index (χ0n) is 18.8. The lowest BCUT2D eigenvalue weighted by atomic mass is 10.1. The van der Waals surface area contributed by atoms with Gasteiger partial charge in [0.25, 0.3) is 0 Å². The van der Waals surface area contributed by atoms with E-state index in [4.69, 9.17) is 14.4 Å². The highest BCUT2D eigenvalue weighted by Gasteiger charge is 2.28. The number of fused-ring (bicyclic) bond motifs is 1. The van der Waals surface area contributed by atoms with Crippen LogP contribution in [0.2, 0.25) is 0 Å². The maximum atomic E-state index is 12.8. The first-order valence-electron chi connectivity index (χ1n) is 11.6. The highest BCUT2D eigenvalue weighted by atomic mass is 16.3. The van der Waals surface area contributed by atoms with Crippen molar-refractivity contribution in [1.82, 2.24) is 15.3 Å². The van der Waals surface area contributed by atoms with Gasteiger partial charge in [-0.1, -0.05) is 42.5 Å². The van der Waals surface area contributed by atoms with Gasteiger partial charge in [-0.15, -0.1) is 0 Å². The largest absolute Gasteiger partial charge is 0.467 e. The van der Waals surface area contributed by atoms with E-state index in [0.29, 0.717) is 25.4 Å². The average molecular weight is 441 g/mol. The minimum absolute atomic E-state index is 0.0107. The van der Waals surface area contributed by atoms with Gasteiger partial charge in [0.05, 0.1) is 24.4 Å². The van der Waals surface area contributed by atoms with Crippen LogP contribution in [0, 0.1) is 0 Å². The summed E-state index contributed by atoms with van der Waals surface area (Å²) in [4.78, 5) is 24.7. The van der Waals surface area contributed by atoms with Gasteiger partial charge in [-0.3, -0.25) is 4.79 Å². The van der Waals surface area contributed by atoms with E-state index in [1.165, 1.54) is 0 Å². The molecule has 1 atom stereocenters. The Labute approximate surface area is 193 Å². The topological polar surface area (TPSA) is 71.3 Å². The third-order valence-corrected chi connectivity index (χ3v) is 6.06. The number of furan rings is 1. The van der Waals surface area contributed by atoms with Crippen LogP contribution in [0.3, 0.4) is 0 Å². The van der Waals surface area contributed by atoms with Crippen LogP contribution in [0.25, 0.3) is 10.9 Å². The number of benzene rings is 2. The minimum Gasteiger partial charge on any atom is -0.467 e. The molecule has 1 amide bonds. The Morgan fingerprint density at radius 1 is 1.06 bits per heavy atom. The number of hydrogen-bond donors (Lipinski definition) is 1. The Kier molecular flexibility index (Phi) is 6.07. The van der Waals surface area contributed by atoms with Crippen molar-refractivity contribution in [3.63, 3.8) is 0 Å². The standard InChI is InChI=1S/C27H28N4O2/c1-19(20-8-3-2-4-9-20)28-25(32)15-16-31(18-22-10-7-17-33-22)27-23-11-5-6-12-24(23)29-26(30-27)21-13-14-21/h2-12,17,19,21H,13-16,18H2,1H3,(H,28,32)/t19-/m1/s1. The fourth-order valence-corrected chi connectivity index (χ4v) is 4.07. The van der Waals surface area contributed by atoms with Gasteiger partial charge in [-0.05, 0) is 49.6 Å². The van der Waals surface area contributed by atoms with Crippen molar-refractivity contribution in [3.8, 4) is 0 Å². The van der Waals surface area contributed by atoms with Crippen molar-refractivity contribution in [2.24, 2.45) is 0 Å². The predicted octanol–water partition coefficient (Wildman–Crippen LogP) is 5.37. The molecule has 0 aliphatic heterocycles. The second-order valence-corrected chi connectivity index (χ2v) is 8.65. The number of carbonyl (C=O) groups excluding carboxylic acids is 1. The van der Waals surface area contributed by atoms with E-state index in [9.17, 15) is 4.79 Å². The van der Waals surface area contributed by atoms with Crippen LogP contribution in [0.15, 0.2) is 77.4 Å². The number of rotatable bonds is 9. The second kappa shape index (κ2) is 9.45. The molecule has 0 bridgehead atoms. The second-order valence-electron chi connectivity index (χ2n) is 8.65. The third-order valence-electron chi connectivity index (χ3n) is 6.06. The predicted molar refractivity (Wildman–Crippen MR) is 129 cm³/mol. The van der Waals surface area contributed by atoms with Crippen molar-refractivity contribution in [2.45, 2.75) is 44.7 Å². The van der Waals surface area contributed by atoms with E-state index >= 15 is 0 Å². The molecule has 1 fully saturated rings. The number of carbonyl (C=O) groups is 1. The van der Waals surface area contributed by atoms with Gasteiger partial charge in [0.15, 0.2) is 0 Å². The van der Waals surface area contributed by atoms with Gasteiger partial charge in [0.2, 0.25) is 5.91 Å². The van der Waals surface area contributed by atoms with E-state index in [2.05, 4.69) is 10.2 Å². The first-order valence-corrected chi connectivity index (χ1v) is 11.6. The molecule has 33 heavy (non-hydrogen) atoms. The molecular weight excluding hydrogens is 412 g/mol. The zero-order valence-corrected chi connectivity index (χ0v) is 18.8. The maximum absolute atomic E-state index is 12.8. The molecule has 2 aromatic heterocycles. The molecular formula is C27H28N4O2. The minimum atomic E-state index is -0.0430. The summed E-state index contributed by atoms with van der Waals surface area (Å²) < 4.78 is 5.63. The molecule has 5 rings (SSSR count). The van der Waals surface area contributed by atoms with E-state index in [1.54, 1.807) is 6.26 Å². The van der Waals surface area contributed by atoms with Crippen LogP contribution in [-0.4, -0.2) is 22.4 Å². The zero-order chi connectivity index (χ0) is 22.6. The van der Waals surface area contributed by atoms with Gasteiger partial charge >= 0.3 is 0 Å². The Morgan fingerprint density at radius 3 is 2.61 bits per heavy atom. The van der Waals surface area contributed by atoms with Gasteiger partial charge < -0.3 is 14.6 Å². The number of nitrogens with zero attached hydrogens (tertiary/aromatic N) is 3. The average Bonchev–Trinajstić information content (AvgIpc) is 3.58. The Balaban J connectivity index is 1.38. The molecule has 1 aliphatic rings. The van der Waals surface area contributed by atoms with E-state index in [0.717, 1.165) is 46.7 Å². The van der Waals surface area contributed by atoms with Gasteiger partial charge in [0.1, 0.15) is 17.4 Å². The molecule has 0 spiro atoms. The lowest BCUT2D eigenvalue weighted by Crippen LogP contribution is -2.32. The van der Waals surface area contributed by atoms with E-state index in [1.807, 2.05) is 73.7 Å². The Bertz CT molecular complexity index is 1220. The smallest absolute Gasteiger partial charge is 0.222 e. The molecule has 4 aromatic rings. The molecule has 6 heteroatoms. The number of anilines is 1. The van der Waals surface area contributed by atoms with Gasteiger partial charge in [-0.2, -0.15) is 0 Å². The fraction of sp³-hybridized carbons (Fsp3) is 0.296. The number of aromatic nitrogens is 2. The quantitative estimate of drug-likeness (QED) is 0.379. The number of para-hydroxylation sites is 1. The summed E-state index contributed by atoms with van der Waals surface area (Å²) in [6.07, 6.45) is 4.30. The third kappa shape index (κ3) is 5.06. The molecule has 168 valence electrons. The van der Waals surface area contributed by atoms with Crippen LogP contribution in [0.4, 0.5) is 5.82 Å². The summed E-state index contributed by atoms with van der Waals surface area (Å²) in [5, 5.41) is 4.11. The molecule has 1 N–H and O–H groups in total. The molecule has 0 saturated heterocycles. The summed E-state index contributed by atoms with van der Waals surface area (Å²) in [6, 6.07) is 21.9. The Morgan fingerprint density at radius 2 is 1.85 bits per heavy atom. The molecule has 1 saturated carbocycles. The van der Waals surface area contributed by atoms with Crippen molar-refractivity contribution in [2.75, 3.05) is 11.4 Å². The molecule has 6 nitrogen and oxygen atoms in total. The van der Waals surface area contributed by atoms with Crippen molar-refractivity contribution >= 4 is 22.6 Å². The SMILES string of the molecule is C[C@@H](NC(=O)CCN(Cc1ccco1)c1nc(C2CC2)nc2ccccc12)c1ccccc1. The summed E-state index contributed by atoms with van der Waals surface area (Å²) in [5.41, 5.74) is 2.03. The van der Waals surface area contributed by atoms with Crippen LogP contribution < -0.4 is 10.2 Å². The van der Waals surface area contributed by atoms with Crippen LogP contribution >= 0.6 is 0 Å². The lowest BCUT2D eigenvalue weighted by molar-refractivity contribution is -0.121. The van der Waals surface area contributed by atoms with Crippen LogP contribution in [-0.2, 0) is 11.3 Å². The normalized spacial score (nSPS) is 14.2. The van der Waals surface area contributed by atoms with E-state index in [-0.39, 0.29) is 11.9 Å². The monoisotopic (exact) mass is 440 g/mol. The first-order chi connectivity index (χ1) is 16.2. The first kappa shape index (κ1) is 21.2. The van der Waals surface area contributed by atoms with Gasteiger partial charge in [0, 0.05) is 24.3 Å². The molecule has 0 radical (unpaired) electrons. The molecule has 2 heterocycles. The highest BCUT2D eigenvalue weighted by Crippen LogP contribution is 2.40. The lowest BCUT2D eigenvalue weighted by Gasteiger charge is -2.25. The van der Waals surface area contributed by atoms with Crippen molar-refractivity contribution < 1.29 is 9.21 Å².